The number of aromatic nitrogens is 1. The van der Waals surface area contributed by atoms with E-state index in [1.54, 1.807) is 0 Å². The SMILES string of the molecule is C=C(/C=c1/[nH]c(CC)c(C)c1=C(C)C)CC. The van der Waals surface area contributed by atoms with Gasteiger partial charge in [0.25, 0.3) is 0 Å². The summed E-state index contributed by atoms with van der Waals surface area (Å²) in [5.41, 5.74) is 5.26. The Labute approximate surface area is 98.6 Å². The predicted molar refractivity (Wildman–Crippen MR) is 72.8 cm³/mol. The van der Waals surface area contributed by atoms with Crippen LogP contribution in [0.4, 0.5) is 0 Å². The van der Waals surface area contributed by atoms with Gasteiger partial charge in [0, 0.05) is 16.3 Å². The van der Waals surface area contributed by atoms with E-state index < -0.39 is 0 Å². The maximum atomic E-state index is 4.05. The Hall–Kier alpha value is -1.24. The highest BCUT2D eigenvalue weighted by Crippen LogP contribution is 2.01. The smallest absolute Gasteiger partial charge is 0.0460 e. The zero-order valence-corrected chi connectivity index (χ0v) is 11.2. The van der Waals surface area contributed by atoms with Crippen LogP contribution in [0.5, 0.6) is 0 Å². The van der Waals surface area contributed by atoms with Gasteiger partial charge in [-0.05, 0) is 45.3 Å². The molecular formula is C15H23N. The van der Waals surface area contributed by atoms with E-state index in [1.807, 2.05) is 0 Å². The minimum atomic E-state index is 1.00. The third-order valence-electron chi connectivity index (χ3n) is 3.04. The highest BCUT2D eigenvalue weighted by Gasteiger charge is 2.03. The Morgan fingerprint density at radius 1 is 1.31 bits per heavy atom. The molecule has 0 saturated heterocycles. The number of H-pyrrole nitrogens is 1. The highest BCUT2D eigenvalue weighted by molar-refractivity contribution is 5.50. The number of aryl methyl sites for hydroxylation is 1. The topological polar surface area (TPSA) is 15.8 Å². The fourth-order valence-corrected chi connectivity index (χ4v) is 2.08. The third kappa shape index (κ3) is 2.46. The Bertz CT molecular complexity index is 496. The van der Waals surface area contributed by atoms with Crippen LogP contribution in [0.2, 0.25) is 0 Å². The molecule has 0 aromatic carbocycles. The summed E-state index contributed by atoms with van der Waals surface area (Å²) < 4.78 is 0. The quantitative estimate of drug-likeness (QED) is 0.801. The van der Waals surface area contributed by atoms with Crippen molar-refractivity contribution in [2.45, 2.75) is 47.5 Å². The molecular weight excluding hydrogens is 194 g/mol. The minimum Gasteiger partial charge on any atom is -0.358 e. The molecule has 0 unspecified atom stereocenters. The summed E-state index contributed by atoms with van der Waals surface area (Å²) in [5, 5.41) is 2.59. The maximum Gasteiger partial charge on any atom is 0.0460 e. The molecule has 0 aliphatic carbocycles. The molecule has 1 heterocycles. The van der Waals surface area contributed by atoms with E-state index in [0.29, 0.717) is 0 Å². The Balaban J connectivity index is 3.59. The molecule has 88 valence electrons. The molecule has 0 bridgehead atoms. The van der Waals surface area contributed by atoms with Crippen molar-refractivity contribution in [1.29, 1.82) is 0 Å². The molecule has 1 heteroatoms. The van der Waals surface area contributed by atoms with Crippen LogP contribution in [0.25, 0.3) is 11.6 Å². The van der Waals surface area contributed by atoms with Crippen LogP contribution in [0.3, 0.4) is 0 Å². The Morgan fingerprint density at radius 2 is 1.94 bits per heavy atom. The van der Waals surface area contributed by atoms with Crippen LogP contribution < -0.4 is 10.6 Å². The van der Waals surface area contributed by atoms with E-state index in [1.165, 1.54) is 33.0 Å². The molecule has 0 saturated carbocycles. The number of aromatic amines is 1. The molecule has 0 radical (unpaired) electrons. The lowest BCUT2D eigenvalue weighted by Crippen LogP contribution is -2.25. The van der Waals surface area contributed by atoms with Crippen LogP contribution >= 0.6 is 0 Å². The summed E-state index contributed by atoms with van der Waals surface area (Å²) in [6.45, 7) is 14.9. The van der Waals surface area contributed by atoms with Crippen molar-refractivity contribution in [2.24, 2.45) is 0 Å². The van der Waals surface area contributed by atoms with Crippen molar-refractivity contribution in [2.75, 3.05) is 0 Å². The molecule has 0 atom stereocenters. The average molecular weight is 217 g/mol. The molecule has 0 aliphatic rings. The standard InChI is InChI=1S/C15H23N/c1-7-11(5)9-14-15(10(3)4)12(6)13(8-2)16-14/h9,16H,5,7-8H2,1-4,6H3/b14-9+. The maximum absolute atomic E-state index is 4.05. The lowest BCUT2D eigenvalue weighted by atomic mass is 10.1. The largest absolute Gasteiger partial charge is 0.358 e. The van der Waals surface area contributed by atoms with Crippen LogP contribution in [0.1, 0.15) is 45.4 Å². The molecule has 1 rings (SSSR count). The summed E-state index contributed by atoms with van der Waals surface area (Å²) in [7, 11) is 0. The van der Waals surface area contributed by atoms with Crippen LogP contribution in [0.15, 0.2) is 12.2 Å². The van der Waals surface area contributed by atoms with Crippen LogP contribution in [-0.2, 0) is 6.42 Å². The molecule has 0 amide bonds. The molecule has 1 aromatic heterocycles. The van der Waals surface area contributed by atoms with E-state index in [9.17, 15) is 0 Å². The lowest BCUT2D eigenvalue weighted by molar-refractivity contribution is 1.03. The van der Waals surface area contributed by atoms with Gasteiger partial charge in [0.15, 0.2) is 0 Å². The molecule has 0 spiro atoms. The Morgan fingerprint density at radius 3 is 2.38 bits per heavy atom. The van der Waals surface area contributed by atoms with Crippen molar-refractivity contribution in [1.82, 2.24) is 4.98 Å². The van der Waals surface area contributed by atoms with Crippen molar-refractivity contribution >= 4 is 11.6 Å². The fourth-order valence-electron chi connectivity index (χ4n) is 2.08. The first kappa shape index (κ1) is 12.8. The van der Waals surface area contributed by atoms with Gasteiger partial charge in [-0.3, -0.25) is 0 Å². The van der Waals surface area contributed by atoms with Gasteiger partial charge in [-0.25, -0.2) is 0 Å². The summed E-state index contributed by atoms with van der Waals surface area (Å²) in [4.78, 5) is 3.51. The zero-order chi connectivity index (χ0) is 12.3. The van der Waals surface area contributed by atoms with E-state index in [4.69, 9.17) is 0 Å². The van der Waals surface area contributed by atoms with Crippen molar-refractivity contribution in [3.05, 3.63) is 34.0 Å². The monoisotopic (exact) mass is 217 g/mol. The lowest BCUT2D eigenvalue weighted by Gasteiger charge is -1.93. The normalized spacial score (nSPS) is 11.9. The third-order valence-corrected chi connectivity index (χ3v) is 3.04. The van der Waals surface area contributed by atoms with Gasteiger partial charge in [-0.1, -0.05) is 31.6 Å². The highest BCUT2D eigenvalue weighted by atomic mass is 14.7. The average Bonchev–Trinajstić information content (AvgIpc) is 2.54. The van der Waals surface area contributed by atoms with Crippen molar-refractivity contribution in [3.8, 4) is 0 Å². The van der Waals surface area contributed by atoms with Crippen LogP contribution in [-0.4, -0.2) is 4.98 Å². The zero-order valence-electron chi connectivity index (χ0n) is 11.2. The second-order valence-electron chi connectivity index (χ2n) is 4.53. The first-order valence-corrected chi connectivity index (χ1v) is 6.05. The van der Waals surface area contributed by atoms with E-state index in [-0.39, 0.29) is 0 Å². The second kappa shape index (κ2) is 5.20. The van der Waals surface area contributed by atoms with Gasteiger partial charge in [-0.2, -0.15) is 0 Å². The van der Waals surface area contributed by atoms with Crippen LogP contribution in [0, 0.1) is 6.92 Å². The number of nitrogens with one attached hydrogen (secondary N) is 1. The summed E-state index contributed by atoms with van der Waals surface area (Å²) in [5.74, 6) is 0. The number of rotatable bonds is 3. The van der Waals surface area contributed by atoms with Gasteiger partial charge in [0.05, 0.1) is 0 Å². The summed E-state index contributed by atoms with van der Waals surface area (Å²) in [6, 6.07) is 0. The van der Waals surface area contributed by atoms with Gasteiger partial charge >= 0.3 is 0 Å². The van der Waals surface area contributed by atoms with Crippen molar-refractivity contribution in [3.63, 3.8) is 0 Å². The first-order valence-electron chi connectivity index (χ1n) is 6.05. The van der Waals surface area contributed by atoms with Gasteiger partial charge < -0.3 is 4.98 Å². The van der Waals surface area contributed by atoms with E-state index >= 15 is 0 Å². The number of allylic oxidation sites excluding steroid dienone is 1. The van der Waals surface area contributed by atoms with Gasteiger partial charge in [0.1, 0.15) is 0 Å². The van der Waals surface area contributed by atoms with E-state index in [2.05, 4.69) is 52.3 Å². The molecule has 0 fully saturated rings. The summed E-state index contributed by atoms with van der Waals surface area (Å²) in [6.07, 6.45) is 4.23. The van der Waals surface area contributed by atoms with Gasteiger partial charge in [-0.15, -0.1) is 0 Å². The Kier molecular flexibility index (Phi) is 4.17. The number of hydrogen-bond acceptors (Lipinski definition) is 0. The minimum absolute atomic E-state index is 1.00. The predicted octanol–water partition coefficient (Wildman–Crippen LogP) is 2.82. The first-order chi connectivity index (χ1) is 7.51. The molecule has 1 N–H and O–H groups in total. The van der Waals surface area contributed by atoms with E-state index in [0.717, 1.165) is 12.8 Å². The molecule has 16 heavy (non-hydrogen) atoms. The number of hydrogen-bond donors (Lipinski definition) is 1. The second-order valence-corrected chi connectivity index (χ2v) is 4.53. The summed E-state index contributed by atoms with van der Waals surface area (Å²) >= 11 is 0. The molecule has 0 aliphatic heterocycles. The van der Waals surface area contributed by atoms with Gasteiger partial charge in [0.2, 0.25) is 0 Å². The van der Waals surface area contributed by atoms with Crippen molar-refractivity contribution < 1.29 is 0 Å². The fraction of sp³-hybridized carbons (Fsp3) is 0.467. The molecule has 1 nitrogen and oxygen atoms in total. The molecule has 1 aromatic rings.